The van der Waals surface area contributed by atoms with E-state index in [1.807, 2.05) is 4.72 Å². The summed E-state index contributed by atoms with van der Waals surface area (Å²) in [4.78, 5) is 23.2. The lowest BCUT2D eigenvalue weighted by Crippen LogP contribution is -2.53. The quantitative estimate of drug-likeness (QED) is 0.447. The second kappa shape index (κ2) is 11.6. The van der Waals surface area contributed by atoms with E-state index in [9.17, 15) is 30.8 Å². The minimum Gasteiger partial charge on any atom is -0.488 e. The number of sulfonamides is 1. The zero-order valence-corrected chi connectivity index (χ0v) is 22.0. The Bertz CT molecular complexity index is 1310. The molecule has 0 radical (unpaired) electrons. The maximum atomic E-state index is 14.6. The van der Waals surface area contributed by atoms with E-state index in [4.69, 9.17) is 37.8 Å². The molecule has 38 heavy (non-hydrogen) atoms. The van der Waals surface area contributed by atoms with E-state index in [1.165, 1.54) is 12.1 Å². The van der Waals surface area contributed by atoms with Crippen molar-refractivity contribution in [1.82, 2.24) is 9.62 Å². The van der Waals surface area contributed by atoms with Gasteiger partial charge in [-0.05, 0) is 60.2 Å². The highest BCUT2D eigenvalue weighted by Crippen LogP contribution is 2.43. The maximum Gasteiger partial charge on any atom is 0.490 e. The number of alkyl halides is 3. The van der Waals surface area contributed by atoms with Gasteiger partial charge in [-0.1, -0.05) is 23.2 Å². The van der Waals surface area contributed by atoms with Crippen molar-refractivity contribution in [3.8, 4) is 5.75 Å². The minimum absolute atomic E-state index is 0.0245. The maximum absolute atomic E-state index is 14.6. The molecule has 15 heteroatoms. The van der Waals surface area contributed by atoms with Gasteiger partial charge in [0.05, 0.1) is 11.8 Å². The molecule has 0 unspecified atom stereocenters. The van der Waals surface area contributed by atoms with Crippen LogP contribution >= 0.6 is 23.2 Å². The summed E-state index contributed by atoms with van der Waals surface area (Å²) in [6, 6.07) is 7.88. The molecule has 2 aliphatic rings. The van der Waals surface area contributed by atoms with Gasteiger partial charge >= 0.3 is 12.1 Å². The van der Waals surface area contributed by atoms with Crippen LogP contribution in [0.25, 0.3) is 0 Å². The number of likely N-dealkylation sites (tertiary alicyclic amines) is 1. The van der Waals surface area contributed by atoms with Gasteiger partial charge in [0.1, 0.15) is 17.7 Å². The summed E-state index contributed by atoms with van der Waals surface area (Å²) < 4.78 is 76.7. The largest absolute Gasteiger partial charge is 0.490 e. The van der Waals surface area contributed by atoms with Crippen LogP contribution in [-0.2, 0) is 21.4 Å². The number of carboxylic acids is 1. The van der Waals surface area contributed by atoms with Crippen molar-refractivity contribution in [3.63, 3.8) is 0 Å². The van der Waals surface area contributed by atoms with Crippen LogP contribution in [0, 0.1) is 5.82 Å². The third-order valence-corrected chi connectivity index (χ3v) is 6.46. The first-order valence-corrected chi connectivity index (χ1v) is 13.7. The normalized spacial score (nSPS) is 16.2. The van der Waals surface area contributed by atoms with Gasteiger partial charge in [-0.25, -0.2) is 22.3 Å². The number of halogens is 6. The minimum atomic E-state index is -5.08. The number of carbonyl (C=O) groups is 2. The topological polar surface area (TPSA) is 113 Å². The number of hydrogen-bond donors (Lipinski definition) is 2. The van der Waals surface area contributed by atoms with Crippen molar-refractivity contribution in [2.24, 2.45) is 0 Å². The van der Waals surface area contributed by atoms with E-state index in [1.54, 1.807) is 18.2 Å². The number of carbonyl (C=O) groups excluding carboxylic acids is 1. The Hall–Kier alpha value is -2.61. The molecule has 2 aromatic carbocycles. The first kappa shape index (κ1) is 29.9. The Morgan fingerprint density at radius 1 is 1.11 bits per heavy atom. The fourth-order valence-corrected chi connectivity index (χ4v) is 4.65. The third-order valence-electron chi connectivity index (χ3n) is 5.47. The molecular weight excluding hydrogens is 579 g/mol. The fraction of sp³-hybridized carbons (Fsp3) is 0.391. The summed E-state index contributed by atoms with van der Waals surface area (Å²) in [7, 11) is -3.77. The van der Waals surface area contributed by atoms with E-state index in [2.05, 4.69) is 4.90 Å². The van der Waals surface area contributed by atoms with Crippen molar-refractivity contribution in [1.29, 1.82) is 0 Å². The molecule has 1 saturated heterocycles. The molecule has 1 aliphatic heterocycles. The third kappa shape index (κ3) is 8.72. The van der Waals surface area contributed by atoms with Crippen LogP contribution in [0.4, 0.5) is 17.6 Å². The Labute approximate surface area is 225 Å². The summed E-state index contributed by atoms with van der Waals surface area (Å²) in [5.41, 5.74) is 1.45. The van der Waals surface area contributed by atoms with Crippen LogP contribution in [0.5, 0.6) is 5.75 Å². The molecule has 0 bridgehead atoms. The lowest BCUT2D eigenvalue weighted by atomic mass is 9.97. The number of nitrogens with zero attached hydrogens (tertiary/aromatic N) is 1. The number of carboxylic acid groups (broad SMARTS) is 1. The molecule has 1 amide bonds. The molecule has 0 atom stereocenters. The molecule has 4 rings (SSSR count). The Balaban J connectivity index is 0.000000505. The van der Waals surface area contributed by atoms with Crippen molar-refractivity contribution >= 4 is 45.1 Å². The molecule has 2 aromatic rings. The van der Waals surface area contributed by atoms with Gasteiger partial charge in [0.25, 0.3) is 5.91 Å². The smallest absolute Gasteiger partial charge is 0.488 e. The van der Waals surface area contributed by atoms with Crippen LogP contribution < -0.4 is 9.46 Å². The predicted molar refractivity (Wildman–Crippen MR) is 131 cm³/mol. The Kier molecular flexibility index (Phi) is 9.17. The highest BCUT2D eigenvalue weighted by atomic mass is 35.5. The molecule has 1 heterocycles. The second-order valence-corrected chi connectivity index (χ2v) is 11.5. The van der Waals surface area contributed by atoms with Gasteiger partial charge < -0.3 is 9.84 Å². The number of amides is 1. The van der Waals surface area contributed by atoms with E-state index in [0.717, 1.165) is 30.2 Å². The zero-order valence-electron chi connectivity index (χ0n) is 19.7. The van der Waals surface area contributed by atoms with Crippen molar-refractivity contribution in [3.05, 3.63) is 62.9 Å². The molecule has 2 fully saturated rings. The summed E-state index contributed by atoms with van der Waals surface area (Å²) in [6.07, 6.45) is -2.32. The highest BCUT2D eigenvalue weighted by Gasteiger charge is 2.38. The molecule has 0 aromatic heterocycles. The monoisotopic (exact) mass is 600 g/mol. The zero-order chi connectivity index (χ0) is 28.4. The van der Waals surface area contributed by atoms with Gasteiger partial charge in [-0.15, -0.1) is 0 Å². The molecular formula is C23H22Cl2F4N2O6S. The van der Waals surface area contributed by atoms with Crippen LogP contribution in [0.2, 0.25) is 10.0 Å². The summed E-state index contributed by atoms with van der Waals surface area (Å²) in [5.74, 6) is -3.57. The van der Waals surface area contributed by atoms with Gasteiger partial charge in [0, 0.05) is 29.7 Å². The van der Waals surface area contributed by atoms with Crippen molar-refractivity contribution < 1.29 is 45.4 Å². The SMILES string of the molecule is CS(=O)(=O)NC(=O)c1cc(C2CC2)c(CN2CC(Oc3cc(Cl)cc(Cl)c3)C2)cc1F.O=C(O)C(F)(F)F. The van der Waals surface area contributed by atoms with Crippen LogP contribution in [0.15, 0.2) is 30.3 Å². The lowest BCUT2D eigenvalue weighted by Gasteiger charge is -2.39. The molecule has 1 aliphatic carbocycles. The Morgan fingerprint density at radius 3 is 2.13 bits per heavy atom. The summed E-state index contributed by atoms with van der Waals surface area (Å²) in [6.45, 7) is 1.84. The number of aliphatic carboxylic acids is 1. The summed E-state index contributed by atoms with van der Waals surface area (Å²) in [5, 5.41) is 8.13. The number of benzene rings is 2. The van der Waals surface area contributed by atoms with Gasteiger partial charge in [0.2, 0.25) is 10.0 Å². The number of nitrogens with one attached hydrogen (secondary N) is 1. The van der Waals surface area contributed by atoms with E-state index in [0.29, 0.717) is 35.4 Å². The summed E-state index contributed by atoms with van der Waals surface area (Å²) >= 11 is 12.0. The van der Waals surface area contributed by atoms with Crippen molar-refractivity contribution in [2.75, 3.05) is 19.3 Å². The second-order valence-electron chi connectivity index (χ2n) is 8.85. The fourth-order valence-electron chi connectivity index (χ4n) is 3.70. The molecule has 0 spiro atoms. The van der Waals surface area contributed by atoms with E-state index in [-0.39, 0.29) is 17.6 Å². The van der Waals surface area contributed by atoms with Crippen LogP contribution in [0.3, 0.4) is 0 Å². The molecule has 208 valence electrons. The molecule has 8 nitrogen and oxygen atoms in total. The van der Waals surface area contributed by atoms with Crippen LogP contribution in [-0.4, -0.2) is 61.9 Å². The first-order valence-electron chi connectivity index (χ1n) is 11.0. The van der Waals surface area contributed by atoms with Gasteiger partial charge in [0.15, 0.2) is 0 Å². The first-order chi connectivity index (χ1) is 17.5. The standard InChI is InChI=1S/C21H21Cl2FN2O4S.C2HF3O2/c1-31(28,29)25-21(27)19-8-18(12-2-3-12)13(4-20(19)24)9-26-10-17(11-26)30-16-6-14(22)5-15(23)7-16;3-2(4,5)1(6)7/h4-8,12,17H,2-3,9-11H2,1H3,(H,25,27);(H,6,7). The highest BCUT2D eigenvalue weighted by molar-refractivity contribution is 7.89. The average Bonchev–Trinajstić information content (AvgIpc) is 3.55. The predicted octanol–water partition coefficient (Wildman–Crippen LogP) is 4.60. The molecule has 2 N–H and O–H groups in total. The van der Waals surface area contributed by atoms with E-state index < -0.39 is 33.9 Å². The number of ether oxygens (including phenoxy) is 1. The van der Waals surface area contributed by atoms with Crippen LogP contribution in [0.1, 0.15) is 40.2 Å². The van der Waals surface area contributed by atoms with Gasteiger partial charge in [-0.2, -0.15) is 13.2 Å². The van der Waals surface area contributed by atoms with Gasteiger partial charge in [-0.3, -0.25) is 9.69 Å². The lowest BCUT2D eigenvalue weighted by molar-refractivity contribution is -0.192. The van der Waals surface area contributed by atoms with Crippen molar-refractivity contribution in [2.45, 2.75) is 37.6 Å². The number of hydrogen-bond acceptors (Lipinski definition) is 6. The van der Waals surface area contributed by atoms with E-state index >= 15 is 0 Å². The number of rotatable bonds is 7. The Morgan fingerprint density at radius 2 is 1.66 bits per heavy atom. The average molecular weight is 601 g/mol. The molecule has 1 saturated carbocycles.